The highest BCUT2D eigenvalue weighted by Gasteiger charge is 2.11. The lowest BCUT2D eigenvalue weighted by molar-refractivity contribution is -0.146. The first kappa shape index (κ1) is 15.3. The van der Waals surface area contributed by atoms with Crippen molar-refractivity contribution in [3.63, 3.8) is 0 Å². The fraction of sp³-hybridized carbons (Fsp3) is 0.900. The van der Waals surface area contributed by atoms with E-state index in [1.165, 1.54) is 0 Å². The van der Waals surface area contributed by atoms with Gasteiger partial charge in [-0.25, -0.2) is 4.79 Å². The second kappa shape index (κ2) is 10.8. The summed E-state index contributed by atoms with van der Waals surface area (Å²) < 4.78 is 0. The van der Waals surface area contributed by atoms with Crippen LogP contribution >= 0.6 is 0 Å². The van der Waals surface area contributed by atoms with Gasteiger partial charge in [-0.05, 0) is 45.4 Å². The van der Waals surface area contributed by atoms with E-state index < -0.39 is 12.1 Å². The fourth-order valence-electron chi connectivity index (χ4n) is 1.15. The number of aliphatic hydroxyl groups is 2. The number of carbonyl (C=O) groups is 1. The Kier molecular flexibility index (Phi) is 10.3. The van der Waals surface area contributed by atoms with Crippen LogP contribution in [0.1, 0.15) is 19.3 Å². The maximum absolute atomic E-state index is 10.3. The molecule has 0 saturated carbocycles. The number of rotatable bonds is 11. The highest BCUT2D eigenvalue weighted by molar-refractivity contribution is 5.71. The summed E-state index contributed by atoms with van der Waals surface area (Å²) in [5, 5.41) is 32.1. The number of carboxylic acids is 1. The van der Waals surface area contributed by atoms with Crippen LogP contribution in [0, 0.1) is 0 Å². The zero-order chi connectivity index (χ0) is 12.2. The van der Waals surface area contributed by atoms with Crippen LogP contribution in [-0.4, -0.2) is 60.2 Å². The van der Waals surface area contributed by atoms with E-state index in [1.807, 2.05) is 0 Å². The van der Waals surface area contributed by atoms with Crippen LogP contribution in [0.25, 0.3) is 0 Å². The van der Waals surface area contributed by atoms with Crippen molar-refractivity contribution in [2.45, 2.75) is 25.4 Å². The van der Waals surface area contributed by atoms with Gasteiger partial charge in [-0.15, -0.1) is 0 Å². The quantitative estimate of drug-likeness (QED) is 0.287. The van der Waals surface area contributed by atoms with Crippen LogP contribution in [0.15, 0.2) is 0 Å². The lowest BCUT2D eigenvalue weighted by Crippen LogP contribution is -2.28. The van der Waals surface area contributed by atoms with Crippen LogP contribution in [0.2, 0.25) is 0 Å². The van der Waals surface area contributed by atoms with Gasteiger partial charge in [-0.2, -0.15) is 0 Å². The van der Waals surface area contributed by atoms with Crippen molar-refractivity contribution in [3.05, 3.63) is 0 Å². The minimum Gasteiger partial charge on any atom is -0.479 e. The molecule has 6 nitrogen and oxygen atoms in total. The molecule has 0 aliphatic heterocycles. The molecule has 0 aromatic carbocycles. The fourth-order valence-corrected chi connectivity index (χ4v) is 1.15. The smallest absolute Gasteiger partial charge is 0.332 e. The molecular formula is C10H22N2O4. The minimum absolute atomic E-state index is 0.207. The zero-order valence-corrected chi connectivity index (χ0v) is 9.48. The van der Waals surface area contributed by atoms with Gasteiger partial charge in [-0.3, -0.25) is 0 Å². The normalized spacial score (nSPS) is 12.6. The first-order chi connectivity index (χ1) is 7.68. The Bertz CT molecular complexity index is 178. The Morgan fingerprint density at radius 3 is 2.19 bits per heavy atom. The number of nitrogens with one attached hydrogen (secondary N) is 2. The van der Waals surface area contributed by atoms with E-state index in [1.54, 1.807) is 0 Å². The molecule has 16 heavy (non-hydrogen) atoms. The second-order valence-electron chi connectivity index (χ2n) is 3.57. The molecule has 0 radical (unpaired) electrons. The molecule has 96 valence electrons. The number of aliphatic carboxylic acids is 1. The van der Waals surface area contributed by atoms with E-state index in [0.717, 1.165) is 32.5 Å². The molecule has 5 N–H and O–H groups in total. The number of hydrogen-bond acceptors (Lipinski definition) is 5. The van der Waals surface area contributed by atoms with Crippen LogP contribution in [-0.2, 0) is 4.79 Å². The Hall–Kier alpha value is -0.690. The Labute approximate surface area is 95.7 Å². The van der Waals surface area contributed by atoms with Gasteiger partial charge in [-0.1, -0.05) is 0 Å². The summed E-state index contributed by atoms with van der Waals surface area (Å²) >= 11 is 0. The lowest BCUT2D eigenvalue weighted by Gasteiger charge is -2.07. The monoisotopic (exact) mass is 234 g/mol. The van der Waals surface area contributed by atoms with Crippen molar-refractivity contribution in [1.82, 2.24) is 10.6 Å². The third-order valence-corrected chi connectivity index (χ3v) is 2.10. The Morgan fingerprint density at radius 2 is 1.62 bits per heavy atom. The first-order valence-electron chi connectivity index (χ1n) is 5.61. The van der Waals surface area contributed by atoms with Crippen LogP contribution < -0.4 is 10.6 Å². The van der Waals surface area contributed by atoms with Crippen molar-refractivity contribution in [1.29, 1.82) is 0 Å². The maximum atomic E-state index is 10.3. The molecule has 0 fully saturated rings. The first-order valence-corrected chi connectivity index (χ1v) is 5.61. The largest absolute Gasteiger partial charge is 0.479 e. The van der Waals surface area contributed by atoms with Crippen molar-refractivity contribution in [2.24, 2.45) is 0 Å². The molecule has 1 unspecified atom stereocenters. The molecule has 0 rings (SSSR count). The number of aliphatic hydroxyl groups excluding tert-OH is 2. The van der Waals surface area contributed by atoms with E-state index in [9.17, 15) is 4.79 Å². The molecule has 0 aromatic heterocycles. The van der Waals surface area contributed by atoms with Crippen molar-refractivity contribution >= 4 is 5.97 Å². The van der Waals surface area contributed by atoms with Gasteiger partial charge in [0.15, 0.2) is 6.10 Å². The third kappa shape index (κ3) is 9.85. The average Bonchev–Trinajstić information content (AvgIpc) is 2.26. The van der Waals surface area contributed by atoms with Gasteiger partial charge in [0, 0.05) is 6.61 Å². The molecule has 6 heteroatoms. The Morgan fingerprint density at radius 1 is 1.06 bits per heavy atom. The summed E-state index contributed by atoms with van der Waals surface area (Å²) in [5.74, 6) is -1.17. The molecule has 0 spiro atoms. The van der Waals surface area contributed by atoms with Gasteiger partial charge < -0.3 is 26.0 Å². The topological polar surface area (TPSA) is 102 Å². The average molecular weight is 234 g/mol. The molecule has 0 amide bonds. The molecule has 0 aromatic rings. The van der Waals surface area contributed by atoms with Gasteiger partial charge >= 0.3 is 5.97 Å². The van der Waals surface area contributed by atoms with E-state index >= 15 is 0 Å². The standard InChI is InChI=1S/C10H22N2O4/c13-8-2-6-11-4-1-5-12-7-3-9(14)10(15)16/h9,11-14H,1-8H2,(H,15,16). The van der Waals surface area contributed by atoms with Gasteiger partial charge in [0.2, 0.25) is 0 Å². The summed E-state index contributed by atoms with van der Waals surface area (Å²) in [6, 6.07) is 0. The zero-order valence-electron chi connectivity index (χ0n) is 9.48. The van der Waals surface area contributed by atoms with Gasteiger partial charge in [0.1, 0.15) is 0 Å². The van der Waals surface area contributed by atoms with Crippen molar-refractivity contribution in [3.8, 4) is 0 Å². The van der Waals surface area contributed by atoms with Crippen molar-refractivity contribution in [2.75, 3.05) is 32.8 Å². The number of hydrogen-bond donors (Lipinski definition) is 5. The van der Waals surface area contributed by atoms with E-state index in [-0.39, 0.29) is 13.0 Å². The van der Waals surface area contributed by atoms with Crippen molar-refractivity contribution < 1.29 is 20.1 Å². The van der Waals surface area contributed by atoms with E-state index in [0.29, 0.717) is 6.54 Å². The highest BCUT2D eigenvalue weighted by Crippen LogP contribution is 1.89. The third-order valence-electron chi connectivity index (χ3n) is 2.10. The molecule has 0 aliphatic carbocycles. The predicted molar refractivity (Wildman–Crippen MR) is 60.3 cm³/mol. The van der Waals surface area contributed by atoms with E-state index in [4.69, 9.17) is 15.3 Å². The maximum Gasteiger partial charge on any atom is 0.332 e. The molecule has 0 saturated heterocycles. The second-order valence-corrected chi connectivity index (χ2v) is 3.57. The molecule has 0 bridgehead atoms. The summed E-state index contributed by atoms with van der Waals surface area (Å²) in [6.07, 6.45) is 0.662. The van der Waals surface area contributed by atoms with Gasteiger partial charge in [0.05, 0.1) is 0 Å². The van der Waals surface area contributed by atoms with Crippen LogP contribution in [0.3, 0.4) is 0 Å². The molecular weight excluding hydrogens is 212 g/mol. The van der Waals surface area contributed by atoms with E-state index in [2.05, 4.69) is 10.6 Å². The molecule has 1 atom stereocenters. The SMILES string of the molecule is O=C(O)C(O)CCNCCCNCCCO. The minimum atomic E-state index is -1.27. The summed E-state index contributed by atoms with van der Waals surface area (Å²) in [7, 11) is 0. The molecule has 0 heterocycles. The highest BCUT2D eigenvalue weighted by atomic mass is 16.4. The van der Waals surface area contributed by atoms with Gasteiger partial charge in [0.25, 0.3) is 0 Å². The summed E-state index contributed by atoms with van der Waals surface area (Å²) in [4.78, 5) is 10.3. The summed E-state index contributed by atoms with van der Waals surface area (Å²) in [5.41, 5.74) is 0. The Balaban J connectivity index is 3.07. The predicted octanol–water partition coefficient (Wildman–Crippen LogP) is -1.23. The lowest BCUT2D eigenvalue weighted by atomic mass is 10.2. The van der Waals surface area contributed by atoms with Crippen LogP contribution in [0.4, 0.5) is 0 Å². The molecule has 0 aliphatic rings. The summed E-state index contributed by atoms with van der Waals surface area (Å²) in [6.45, 7) is 3.18. The van der Waals surface area contributed by atoms with Crippen LogP contribution in [0.5, 0.6) is 0 Å². The number of carboxylic acid groups (broad SMARTS) is 1.